The third-order valence-corrected chi connectivity index (χ3v) is 9.06. The number of unbranched alkanes of at least 4 members (excludes halogenated alkanes) is 2. The van der Waals surface area contributed by atoms with Crippen molar-refractivity contribution < 1.29 is 28.4 Å². The molecule has 1 unspecified atom stereocenters. The second-order valence-electron chi connectivity index (χ2n) is 11.1. The van der Waals surface area contributed by atoms with Crippen LogP contribution in [0.15, 0.2) is 18.6 Å². The molecule has 3 rings (SSSR count). The van der Waals surface area contributed by atoms with Crippen molar-refractivity contribution in [2.45, 2.75) is 110 Å². The van der Waals surface area contributed by atoms with Gasteiger partial charge in [-0.1, -0.05) is 19.8 Å². The average molecular weight is 581 g/mol. The van der Waals surface area contributed by atoms with E-state index in [1.807, 2.05) is 6.92 Å². The molecule has 2 heterocycles. The van der Waals surface area contributed by atoms with Gasteiger partial charge in [-0.3, -0.25) is 14.2 Å². The number of nitrogens with zero attached hydrogens (tertiary/aromatic N) is 3. The highest BCUT2D eigenvalue weighted by molar-refractivity contribution is 7.59. The molecule has 224 valence electrons. The van der Waals surface area contributed by atoms with E-state index in [0.717, 1.165) is 44.9 Å². The first-order valence-corrected chi connectivity index (χ1v) is 16.0. The minimum absolute atomic E-state index is 0.123. The summed E-state index contributed by atoms with van der Waals surface area (Å²) in [6.45, 7) is 9.34. The second kappa shape index (κ2) is 14.4. The zero-order valence-corrected chi connectivity index (χ0v) is 25.2. The third kappa shape index (κ3) is 8.99. The maximum atomic E-state index is 14.2. The Hall–Kier alpha value is -2.53. The van der Waals surface area contributed by atoms with E-state index in [1.165, 1.54) is 0 Å². The van der Waals surface area contributed by atoms with Crippen LogP contribution < -0.4 is 15.9 Å². The molecule has 0 saturated heterocycles. The maximum Gasteiger partial charge on any atom is 0.326 e. The van der Waals surface area contributed by atoms with Crippen molar-refractivity contribution in [1.29, 1.82) is 0 Å². The SMILES string of the molecule is CCCCCOC(=O)C(C)(C)NP(=O)(CO[C@H](C)Cn1cnc2c(N)ccnc21)N[C@H](C)C(=O)OC1CCCC1. The van der Waals surface area contributed by atoms with Gasteiger partial charge in [0, 0.05) is 6.20 Å². The summed E-state index contributed by atoms with van der Waals surface area (Å²) in [6.07, 6.45) is 8.81. The van der Waals surface area contributed by atoms with Crippen LogP contribution in [-0.2, 0) is 34.9 Å². The summed E-state index contributed by atoms with van der Waals surface area (Å²) in [5, 5.41) is 5.83. The van der Waals surface area contributed by atoms with E-state index in [0.29, 0.717) is 23.4 Å². The van der Waals surface area contributed by atoms with Crippen molar-refractivity contribution in [3.8, 4) is 0 Å². The number of imidazole rings is 1. The molecule has 0 aliphatic heterocycles. The molecule has 1 aliphatic rings. The molecule has 2 aromatic heterocycles. The smallest absolute Gasteiger partial charge is 0.326 e. The normalized spacial score (nSPS) is 17.4. The molecular weight excluding hydrogens is 535 g/mol. The molecule has 0 amide bonds. The van der Waals surface area contributed by atoms with Crippen LogP contribution in [0.3, 0.4) is 0 Å². The Kier molecular flexibility index (Phi) is 11.5. The largest absolute Gasteiger partial charge is 0.464 e. The Labute approximate surface area is 236 Å². The van der Waals surface area contributed by atoms with E-state index >= 15 is 0 Å². The van der Waals surface area contributed by atoms with E-state index in [9.17, 15) is 14.2 Å². The number of carbonyl (C=O) groups excluding carboxylic acids is 2. The summed E-state index contributed by atoms with van der Waals surface area (Å²) in [5.41, 5.74) is 6.42. The first-order valence-electron chi connectivity index (χ1n) is 14.1. The summed E-state index contributed by atoms with van der Waals surface area (Å²) in [6, 6.07) is 0.793. The Balaban J connectivity index is 1.69. The number of ether oxygens (including phenoxy) is 3. The van der Waals surface area contributed by atoms with Crippen LogP contribution in [0.2, 0.25) is 0 Å². The molecule has 13 heteroatoms. The molecule has 12 nitrogen and oxygen atoms in total. The number of nitrogens with two attached hydrogens (primary N) is 1. The molecule has 3 atom stereocenters. The van der Waals surface area contributed by atoms with Crippen molar-refractivity contribution in [2.24, 2.45) is 0 Å². The highest BCUT2D eigenvalue weighted by atomic mass is 31.2. The number of fused-ring (bicyclic) bond motifs is 1. The molecule has 40 heavy (non-hydrogen) atoms. The number of aromatic nitrogens is 3. The van der Waals surface area contributed by atoms with Gasteiger partial charge in [0.15, 0.2) is 5.65 Å². The summed E-state index contributed by atoms with van der Waals surface area (Å²) < 4.78 is 33.1. The van der Waals surface area contributed by atoms with Crippen molar-refractivity contribution in [2.75, 3.05) is 18.7 Å². The molecule has 1 fully saturated rings. The zero-order chi connectivity index (χ0) is 29.3. The fourth-order valence-corrected chi connectivity index (χ4v) is 7.01. The van der Waals surface area contributed by atoms with E-state index in [2.05, 4.69) is 27.1 Å². The number of esters is 2. The molecule has 0 spiro atoms. The maximum absolute atomic E-state index is 14.2. The second-order valence-corrected chi connectivity index (χ2v) is 13.3. The number of hydrogen-bond acceptors (Lipinski definition) is 9. The van der Waals surface area contributed by atoms with Crippen molar-refractivity contribution in [3.05, 3.63) is 18.6 Å². The van der Waals surface area contributed by atoms with Gasteiger partial charge in [0.2, 0.25) is 7.44 Å². The molecule has 0 aromatic carbocycles. The number of carbonyl (C=O) groups is 2. The first kappa shape index (κ1) is 32.0. The van der Waals surface area contributed by atoms with E-state index in [1.54, 1.807) is 43.9 Å². The topological polar surface area (TPSA) is 160 Å². The van der Waals surface area contributed by atoms with Crippen LogP contribution in [0.5, 0.6) is 0 Å². The van der Waals surface area contributed by atoms with Crippen molar-refractivity contribution >= 4 is 36.2 Å². The Bertz CT molecular complexity index is 1180. The van der Waals surface area contributed by atoms with Crippen molar-refractivity contribution in [3.63, 3.8) is 0 Å². The predicted octanol–water partition coefficient (Wildman–Crippen LogP) is 4.13. The van der Waals surface area contributed by atoms with Gasteiger partial charge < -0.3 is 24.5 Å². The fraction of sp³-hybridized carbons (Fsp3) is 0.704. The third-order valence-electron chi connectivity index (χ3n) is 6.82. The molecular formula is C27H45N6O6P. The quantitative estimate of drug-likeness (QED) is 0.149. The van der Waals surface area contributed by atoms with Crippen LogP contribution in [0, 0.1) is 0 Å². The highest BCUT2D eigenvalue weighted by Gasteiger charge is 2.39. The Morgan fingerprint density at radius 2 is 1.95 bits per heavy atom. The predicted molar refractivity (Wildman–Crippen MR) is 154 cm³/mol. The van der Waals surface area contributed by atoms with Crippen LogP contribution in [0.1, 0.15) is 79.6 Å². The van der Waals surface area contributed by atoms with Crippen LogP contribution >= 0.6 is 7.44 Å². The monoisotopic (exact) mass is 580 g/mol. The number of anilines is 1. The summed E-state index contributed by atoms with van der Waals surface area (Å²) >= 11 is 0. The summed E-state index contributed by atoms with van der Waals surface area (Å²) in [7, 11) is -3.68. The van der Waals surface area contributed by atoms with E-state index in [4.69, 9.17) is 19.9 Å². The van der Waals surface area contributed by atoms with Crippen LogP contribution in [0.4, 0.5) is 5.69 Å². The van der Waals surface area contributed by atoms with Gasteiger partial charge in [-0.05, 0) is 65.9 Å². The van der Waals surface area contributed by atoms with Crippen LogP contribution in [0.25, 0.3) is 11.2 Å². The van der Waals surface area contributed by atoms with Gasteiger partial charge in [0.25, 0.3) is 0 Å². The van der Waals surface area contributed by atoms with Crippen LogP contribution in [-0.4, -0.2) is 63.2 Å². The highest BCUT2D eigenvalue weighted by Crippen LogP contribution is 2.40. The first-order chi connectivity index (χ1) is 18.9. The zero-order valence-electron chi connectivity index (χ0n) is 24.4. The van der Waals surface area contributed by atoms with Gasteiger partial charge in [0.1, 0.15) is 29.5 Å². The Morgan fingerprint density at radius 1 is 1.23 bits per heavy atom. The number of rotatable bonds is 16. The lowest BCUT2D eigenvalue weighted by Crippen LogP contribution is -2.50. The minimum Gasteiger partial charge on any atom is -0.464 e. The Morgan fingerprint density at radius 3 is 2.65 bits per heavy atom. The fourth-order valence-electron chi connectivity index (χ4n) is 4.61. The van der Waals surface area contributed by atoms with E-state index in [-0.39, 0.29) is 19.1 Å². The van der Waals surface area contributed by atoms with Gasteiger partial charge in [0.05, 0.1) is 31.3 Å². The number of nitrogens with one attached hydrogen (secondary N) is 2. The molecule has 1 saturated carbocycles. The molecule has 1 aliphatic carbocycles. The molecule has 2 aromatic rings. The molecule has 0 radical (unpaired) electrons. The number of hydrogen-bond donors (Lipinski definition) is 3. The number of nitrogen functional groups attached to an aromatic ring is 1. The average Bonchev–Trinajstić information content (AvgIpc) is 3.56. The summed E-state index contributed by atoms with van der Waals surface area (Å²) in [5.74, 6) is -1.02. The van der Waals surface area contributed by atoms with Gasteiger partial charge in [-0.25, -0.2) is 20.1 Å². The van der Waals surface area contributed by atoms with E-state index < -0.39 is 37.1 Å². The molecule has 0 bridgehead atoms. The summed E-state index contributed by atoms with van der Waals surface area (Å²) in [4.78, 5) is 34.3. The lowest BCUT2D eigenvalue weighted by atomic mass is 10.1. The minimum atomic E-state index is -3.68. The standard InChI is InChI=1S/C27H45N6O6P/c1-6-7-10-15-37-26(35)27(4,5)32-40(36,31-20(3)25(34)39-21-11-8-9-12-21)18-38-19(2)16-33-17-30-23-22(28)13-14-29-24(23)33/h13-14,17,19-21H,6-12,15-16,18H2,1-5H3,(H2,28,29)(H2,31,32,36)/t19-,20-,40?/m1/s1. The lowest BCUT2D eigenvalue weighted by molar-refractivity contribution is -0.150. The lowest BCUT2D eigenvalue weighted by Gasteiger charge is -2.32. The van der Waals surface area contributed by atoms with Gasteiger partial charge >= 0.3 is 11.9 Å². The van der Waals surface area contributed by atoms with Gasteiger partial charge in [-0.15, -0.1) is 0 Å². The van der Waals surface area contributed by atoms with Crippen molar-refractivity contribution in [1.82, 2.24) is 24.7 Å². The molecule has 4 N–H and O–H groups in total. The number of pyridine rings is 1. The van der Waals surface area contributed by atoms with Gasteiger partial charge in [-0.2, -0.15) is 0 Å².